The Labute approximate surface area is 128 Å². The summed E-state index contributed by atoms with van der Waals surface area (Å²) in [6.07, 6.45) is 0. The summed E-state index contributed by atoms with van der Waals surface area (Å²) in [5, 5.41) is 6.19. The monoisotopic (exact) mass is 311 g/mol. The zero-order chi connectivity index (χ0) is 15.4. The molecule has 2 N–H and O–H groups in total. The summed E-state index contributed by atoms with van der Waals surface area (Å²) in [5.41, 5.74) is 0.401. The third-order valence-electron chi connectivity index (χ3n) is 3.45. The van der Waals surface area contributed by atoms with Crippen molar-refractivity contribution in [3.05, 3.63) is 28.8 Å². The fourth-order valence-electron chi connectivity index (χ4n) is 2.34. The van der Waals surface area contributed by atoms with Gasteiger partial charge in [0, 0.05) is 31.7 Å². The van der Waals surface area contributed by atoms with Crippen molar-refractivity contribution in [3.8, 4) is 5.75 Å². The third kappa shape index (κ3) is 3.28. The molecule has 21 heavy (non-hydrogen) atoms. The van der Waals surface area contributed by atoms with Gasteiger partial charge in [-0.3, -0.25) is 9.59 Å². The van der Waals surface area contributed by atoms with Crippen LogP contribution in [0.15, 0.2) is 18.2 Å². The highest BCUT2D eigenvalue weighted by Gasteiger charge is 2.33. The molecule has 7 heteroatoms. The van der Waals surface area contributed by atoms with Crippen LogP contribution in [0.3, 0.4) is 0 Å². The van der Waals surface area contributed by atoms with Crippen LogP contribution in [0, 0.1) is 0 Å². The van der Waals surface area contributed by atoms with Gasteiger partial charge < -0.3 is 20.3 Å². The zero-order valence-corrected chi connectivity index (χ0v) is 12.7. The van der Waals surface area contributed by atoms with Gasteiger partial charge in [-0.15, -0.1) is 0 Å². The Hall–Kier alpha value is -1.79. The summed E-state index contributed by atoms with van der Waals surface area (Å²) in [6.45, 7) is 1.54. The summed E-state index contributed by atoms with van der Waals surface area (Å²) < 4.78 is 5.21. The van der Waals surface area contributed by atoms with Crippen LogP contribution in [0.2, 0.25) is 5.02 Å². The summed E-state index contributed by atoms with van der Waals surface area (Å²) >= 11 is 5.91. The number of carbonyl (C=O) groups excluding carboxylic acids is 2. The molecule has 1 fully saturated rings. The molecule has 1 atom stereocenters. The van der Waals surface area contributed by atoms with Crippen LogP contribution in [-0.4, -0.2) is 56.5 Å². The highest BCUT2D eigenvalue weighted by molar-refractivity contribution is 6.30. The molecule has 2 amide bonds. The van der Waals surface area contributed by atoms with Crippen molar-refractivity contribution in [3.63, 3.8) is 0 Å². The highest BCUT2D eigenvalue weighted by atomic mass is 35.5. The molecule has 1 unspecified atom stereocenters. The lowest BCUT2D eigenvalue weighted by atomic mass is 10.1. The maximum absolute atomic E-state index is 12.7. The summed E-state index contributed by atoms with van der Waals surface area (Å²) in [6, 6.07) is 4.31. The molecule has 114 valence electrons. The molecule has 0 aliphatic carbocycles. The van der Waals surface area contributed by atoms with E-state index in [9.17, 15) is 9.59 Å². The van der Waals surface area contributed by atoms with E-state index in [2.05, 4.69) is 10.6 Å². The fraction of sp³-hybridized carbons (Fsp3) is 0.429. The Morgan fingerprint density at radius 3 is 2.90 bits per heavy atom. The second-order valence-corrected chi connectivity index (χ2v) is 5.11. The van der Waals surface area contributed by atoms with Crippen molar-refractivity contribution in [2.45, 2.75) is 6.04 Å². The molecule has 6 nitrogen and oxygen atoms in total. The number of ether oxygens (including phenoxy) is 1. The van der Waals surface area contributed by atoms with Gasteiger partial charge in [-0.25, -0.2) is 0 Å². The molecule has 0 saturated carbocycles. The number of nitrogens with one attached hydrogen (secondary N) is 2. The number of likely N-dealkylation sites (N-methyl/N-ethyl adjacent to an activating group) is 1. The van der Waals surface area contributed by atoms with Crippen LogP contribution < -0.4 is 15.4 Å². The molecule has 1 aromatic carbocycles. The van der Waals surface area contributed by atoms with Crippen LogP contribution in [-0.2, 0) is 4.79 Å². The van der Waals surface area contributed by atoms with E-state index in [0.29, 0.717) is 36.0 Å². The number of methoxy groups -OCH3 is 1. The maximum Gasteiger partial charge on any atom is 0.258 e. The molecular weight excluding hydrogens is 294 g/mol. The number of hydrogen-bond donors (Lipinski definition) is 2. The van der Waals surface area contributed by atoms with Gasteiger partial charge in [0.15, 0.2) is 0 Å². The molecule has 0 aromatic heterocycles. The van der Waals surface area contributed by atoms with Crippen molar-refractivity contribution in [2.75, 3.05) is 33.8 Å². The SMILES string of the molecule is CNC(=O)C1CNCCN1C(=O)c1ccc(Cl)cc1OC. The van der Waals surface area contributed by atoms with E-state index in [4.69, 9.17) is 16.3 Å². The van der Waals surface area contributed by atoms with Crippen molar-refractivity contribution in [1.82, 2.24) is 15.5 Å². The van der Waals surface area contributed by atoms with Gasteiger partial charge in [0.25, 0.3) is 5.91 Å². The van der Waals surface area contributed by atoms with E-state index in [1.54, 1.807) is 30.1 Å². The Morgan fingerprint density at radius 1 is 1.48 bits per heavy atom. The van der Waals surface area contributed by atoms with Crippen molar-refractivity contribution >= 4 is 23.4 Å². The van der Waals surface area contributed by atoms with Crippen LogP contribution in [0.25, 0.3) is 0 Å². The van der Waals surface area contributed by atoms with E-state index in [-0.39, 0.29) is 11.8 Å². The fourth-order valence-corrected chi connectivity index (χ4v) is 2.51. The Balaban J connectivity index is 2.31. The first-order valence-electron chi connectivity index (χ1n) is 6.65. The molecular formula is C14H18ClN3O3. The maximum atomic E-state index is 12.7. The molecule has 1 saturated heterocycles. The van der Waals surface area contributed by atoms with Gasteiger partial charge in [0.1, 0.15) is 11.8 Å². The largest absolute Gasteiger partial charge is 0.496 e. The number of carbonyl (C=O) groups is 2. The van der Waals surface area contributed by atoms with E-state index in [1.807, 2.05) is 0 Å². The quantitative estimate of drug-likeness (QED) is 0.853. The van der Waals surface area contributed by atoms with Gasteiger partial charge in [0.05, 0.1) is 12.7 Å². The predicted molar refractivity (Wildman–Crippen MR) is 79.8 cm³/mol. The molecule has 1 aromatic rings. The van der Waals surface area contributed by atoms with Crippen LogP contribution in [0.4, 0.5) is 0 Å². The van der Waals surface area contributed by atoms with E-state index in [1.165, 1.54) is 7.11 Å². The number of piperazine rings is 1. The predicted octanol–water partition coefficient (Wildman–Crippen LogP) is 0.509. The van der Waals surface area contributed by atoms with Gasteiger partial charge >= 0.3 is 0 Å². The lowest BCUT2D eigenvalue weighted by Gasteiger charge is -2.35. The topological polar surface area (TPSA) is 70.7 Å². The second kappa shape index (κ2) is 6.78. The minimum Gasteiger partial charge on any atom is -0.496 e. The summed E-state index contributed by atoms with van der Waals surface area (Å²) in [5.74, 6) is -0.0243. The smallest absolute Gasteiger partial charge is 0.258 e. The summed E-state index contributed by atoms with van der Waals surface area (Å²) in [4.78, 5) is 26.2. The highest BCUT2D eigenvalue weighted by Crippen LogP contribution is 2.25. The first-order chi connectivity index (χ1) is 10.1. The van der Waals surface area contributed by atoms with Crippen molar-refractivity contribution in [1.29, 1.82) is 0 Å². The van der Waals surface area contributed by atoms with E-state index >= 15 is 0 Å². The number of amides is 2. The van der Waals surface area contributed by atoms with Gasteiger partial charge in [-0.05, 0) is 18.2 Å². The normalized spacial score (nSPS) is 18.2. The minimum atomic E-state index is -0.531. The van der Waals surface area contributed by atoms with Crippen LogP contribution in [0.1, 0.15) is 10.4 Å². The first kappa shape index (κ1) is 15.6. The molecule has 1 aliphatic rings. The van der Waals surface area contributed by atoms with E-state index < -0.39 is 6.04 Å². The van der Waals surface area contributed by atoms with E-state index in [0.717, 1.165) is 0 Å². The number of benzene rings is 1. The average Bonchev–Trinajstić information content (AvgIpc) is 2.53. The second-order valence-electron chi connectivity index (χ2n) is 4.68. The Bertz CT molecular complexity index is 550. The lowest BCUT2D eigenvalue weighted by molar-refractivity contribution is -0.125. The zero-order valence-electron chi connectivity index (χ0n) is 12.0. The lowest BCUT2D eigenvalue weighted by Crippen LogP contribution is -2.59. The van der Waals surface area contributed by atoms with Crippen LogP contribution >= 0.6 is 11.6 Å². The van der Waals surface area contributed by atoms with Crippen molar-refractivity contribution in [2.24, 2.45) is 0 Å². The van der Waals surface area contributed by atoms with Gasteiger partial charge in [-0.1, -0.05) is 11.6 Å². The molecule has 0 radical (unpaired) electrons. The minimum absolute atomic E-state index is 0.191. The third-order valence-corrected chi connectivity index (χ3v) is 3.68. The van der Waals surface area contributed by atoms with Crippen molar-refractivity contribution < 1.29 is 14.3 Å². The standard InChI is InChI=1S/C14H18ClN3O3/c1-16-13(19)11-8-17-5-6-18(11)14(20)10-4-3-9(15)7-12(10)21-2/h3-4,7,11,17H,5-6,8H2,1-2H3,(H,16,19). The number of halogens is 1. The summed E-state index contributed by atoms with van der Waals surface area (Å²) in [7, 11) is 3.04. The molecule has 1 aliphatic heterocycles. The number of hydrogen-bond acceptors (Lipinski definition) is 4. The average molecular weight is 312 g/mol. The molecule has 0 spiro atoms. The van der Waals surface area contributed by atoms with Crippen LogP contribution in [0.5, 0.6) is 5.75 Å². The Morgan fingerprint density at radius 2 is 2.24 bits per heavy atom. The molecule has 2 rings (SSSR count). The molecule has 1 heterocycles. The number of rotatable bonds is 3. The van der Waals surface area contributed by atoms with Gasteiger partial charge in [0.2, 0.25) is 5.91 Å². The Kier molecular flexibility index (Phi) is 5.03. The van der Waals surface area contributed by atoms with Gasteiger partial charge in [-0.2, -0.15) is 0 Å². The molecule has 0 bridgehead atoms. The first-order valence-corrected chi connectivity index (χ1v) is 7.03. The number of nitrogens with zero attached hydrogens (tertiary/aromatic N) is 1.